The maximum atomic E-state index is 12.8. The lowest BCUT2D eigenvalue weighted by atomic mass is 10.1. The van der Waals surface area contributed by atoms with Crippen LogP contribution in [0.4, 0.5) is 0 Å². The Morgan fingerprint density at radius 3 is 2.48 bits per heavy atom. The molecule has 0 unspecified atom stereocenters. The largest absolute Gasteiger partial charge is 0.443 e. The molecule has 25 heavy (non-hydrogen) atoms. The first-order chi connectivity index (χ1) is 12.2. The average molecular weight is 338 g/mol. The number of fused-ring (bicyclic) bond motifs is 1. The number of amides is 2. The molecule has 3 aromatic rings. The summed E-state index contributed by atoms with van der Waals surface area (Å²) < 4.78 is 5.27. The number of rotatable bonds is 2. The molecule has 0 radical (unpaired) electrons. The van der Waals surface area contributed by atoms with E-state index < -0.39 is 0 Å². The summed E-state index contributed by atoms with van der Waals surface area (Å²) in [6.07, 6.45) is 5.56. The molecule has 1 N–H and O–H groups in total. The van der Waals surface area contributed by atoms with Gasteiger partial charge in [-0.1, -0.05) is 0 Å². The van der Waals surface area contributed by atoms with Crippen molar-refractivity contribution in [2.45, 2.75) is 6.42 Å². The van der Waals surface area contributed by atoms with Crippen molar-refractivity contribution in [1.29, 1.82) is 0 Å². The van der Waals surface area contributed by atoms with E-state index in [1.165, 1.54) is 6.39 Å². The number of nitrogens with one attached hydrogen (secondary N) is 1. The predicted octanol–water partition coefficient (Wildman–Crippen LogP) is 2.14. The van der Waals surface area contributed by atoms with Crippen molar-refractivity contribution in [1.82, 2.24) is 19.8 Å². The maximum Gasteiger partial charge on any atom is 0.255 e. The standard InChI is InChI=1S/C18H18N4O3/c23-17(13-2-3-15-16(10-13)25-12-20-15)21-6-1-7-22(9-8-21)18(24)14-4-5-19-11-14/h2-5,10-12,19H,1,6-9H2. The molecule has 7 heteroatoms. The quantitative estimate of drug-likeness (QED) is 0.776. The highest BCUT2D eigenvalue weighted by Crippen LogP contribution is 2.17. The van der Waals surface area contributed by atoms with Crippen LogP contribution in [0.3, 0.4) is 0 Å². The van der Waals surface area contributed by atoms with E-state index in [-0.39, 0.29) is 11.8 Å². The Hall–Kier alpha value is -3.09. The Balaban J connectivity index is 1.46. The normalized spacial score (nSPS) is 15.4. The van der Waals surface area contributed by atoms with E-state index in [1.54, 1.807) is 46.5 Å². The highest BCUT2D eigenvalue weighted by Gasteiger charge is 2.24. The maximum absolute atomic E-state index is 12.8. The van der Waals surface area contributed by atoms with Gasteiger partial charge in [-0.2, -0.15) is 0 Å². The zero-order valence-electron chi connectivity index (χ0n) is 13.6. The number of benzene rings is 1. The molecule has 0 atom stereocenters. The first-order valence-corrected chi connectivity index (χ1v) is 8.27. The summed E-state index contributed by atoms with van der Waals surface area (Å²) >= 11 is 0. The second-order valence-electron chi connectivity index (χ2n) is 6.07. The van der Waals surface area contributed by atoms with Crippen molar-refractivity contribution in [3.8, 4) is 0 Å². The van der Waals surface area contributed by atoms with Crippen molar-refractivity contribution >= 4 is 22.9 Å². The van der Waals surface area contributed by atoms with Crippen LogP contribution in [0.1, 0.15) is 27.1 Å². The molecule has 1 aliphatic rings. The minimum atomic E-state index is -0.0470. The number of hydrogen-bond donors (Lipinski definition) is 1. The number of aromatic amines is 1. The Morgan fingerprint density at radius 2 is 1.76 bits per heavy atom. The highest BCUT2D eigenvalue weighted by atomic mass is 16.3. The van der Waals surface area contributed by atoms with E-state index in [2.05, 4.69) is 9.97 Å². The van der Waals surface area contributed by atoms with E-state index in [1.807, 2.05) is 0 Å². The zero-order valence-corrected chi connectivity index (χ0v) is 13.6. The summed E-state index contributed by atoms with van der Waals surface area (Å²) in [6, 6.07) is 7.04. The minimum Gasteiger partial charge on any atom is -0.443 e. The topological polar surface area (TPSA) is 82.4 Å². The molecular formula is C18H18N4O3. The van der Waals surface area contributed by atoms with Gasteiger partial charge in [0.05, 0.1) is 5.56 Å². The molecule has 1 aliphatic heterocycles. The monoisotopic (exact) mass is 338 g/mol. The predicted molar refractivity (Wildman–Crippen MR) is 91.2 cm³/mol. The Bertz CT molecular complexity index is 900. The molecule has 0 spiro atoms. The van der Waals surface area contributed by atoms with Gasteiger partial charge in [-0.3, -0.25) is 9.59 Å². The Morgan fingerprint density at radius 1 is 1.00 bits per heavy atom. The van der Waals surface area contributed by atoms with Crippen molar-refractivity contribution in [2.24, 2.45) is 0 Å². The van der Waals surface area contributed by atoms with Crippen LogP contribution >= 0.6 is 0 Å². The number of carbonyl (C=O) groups excluding carboxylic acids is 2. The lowest BCUT2D eigenvalue weighted by Gasteiger charge is -2.22. The van der Waals surface area contributed by atoms with Crippen LogP contribution in [-0.2, 0) is 0 Å². The van der Waals surface area contributed by atoms with E-state index in [0.29, 0.717) is 42.9 Å². The number of hydrogen-bond acceptors (Lipinski definition) is 4. The van der Waals surface area contributed by atoms with Gasteiger partial charge >= 0.3 is 0 Å². The van der Waals surface area contributed by atoms with E-state index in [4.69, 9.17) is 4.42 Å². The summed E-state index contributed by atoms with van der Waals surface area (Å²) in [5.74, 6) is -0.0483. The van der Waals surface area contributed by atoms with Gasteiger partial charge in [0.15, 0.2) is 12.0 Å². The summed E-state index contributed by atoms with van der Waals surface area (Å²) in [7, 11) is 0. The van der Waals surface area contributed by atoms with Crippen LogP contribution in [0.15, 0.2) is 47.5 Å². The molecule has 2 amide bonds. The molecule has 0 bridgehead atoms. The fourth-order valence-corrected chi connectivity index (χ4v) is 3.13. The van der Waals surface area contributed by atoms with Gasteiger partial charge < -0.3 is 19.2 Å². The van der Waals surface area contributed by atoms with Gasteiger partial charge in [0.1, 0.15) is 5.52 Å². The number of carbonyl (C=O) groups is 2. The lowest BCUT2D eigenvalue weighted by Crippen LogP contribution is -2.37. The molecule has 1 saturated heterocycles. The molecule has 1 aromatic carbocycles. The van der Waals surface area contributed by atoms with E-state index >= 15 is 0 Å². The first-order valence-electron chi connectivity index (χ1n) is 8.27. The fourth-order valence-electron chi connectivity index (χ4n) is 3.13. The van der Waals surface area contributed by atoms with Crippen molar-refractivity contribution in [3.05, 3.63) is 54.2 Å². The van der Waals surface area contributed by atoms with Crippen molar-refractivity contribution in [2.75, 3.05) is 26.2 Å². The lowest BCUT2D eigenvalue weighted by molar-refractivity contribution is 0.0719. The molecule has 0 aliphatic carbocycles. The van der Waals surface area contributed by atoms with E-state index in [9.17, 15) is 9.59 Å². The Kier molecular flexibility index (Phi) is 3.97. The van der Waals surface area contributed by atoms with Crippen LogP contribution in [-0.4, -0.2) is 57.8 Å². The van der Waals surface area contributed by atoms with Gasteiger partial charge in [-0.15, -0.1) is 0 Å². The molecule has 0 saturated carbocycles. The number of oxazole rings is 1. The van der Waals surface area contributed by atoms with Crippen LogP contribution in [0.2, 0.25) is 0 Å². The average Bonchev–Trinajstić information content (AvgIpc) is 3.27. The Labute approximate surface area is 144 Å². The van der Waals surface area contributed by atoms with Crippen molar-refractivity contribution < 1.29 is 14.0 Å². The summed E-state index contributed by atoms with van der Waals surface area (Å²) in [4.78, 5) is 35.8. The summed E-state index contributed by atoms with van der Waals surface area (Å²) in [5, 5.41) is 0. The van der Waals surface area contributed by atoms with Gasteiger partial charge in [-0.05, 0) is 30.7 Å². The highest BCUT2D eigenvalue weighted by molar-refractivity contribution is 5.97. The third kappa shape index (κ3) is 3.00. The molecule has 2 aromatic heterocycles. The second kappa shape index (κ2) is 6.43. The van der Waals surface area contributed by atoms with Gasteiger partial charge in [-0.25, -0.2) is 4.98 Å². The smallest absolute Gasteiger partial charge is 0.255 e. The number of aromatic nitrogens is 2. The third-order valence-electron chi connectivity index (χ3n) is 4.49. The van der Waals surface area contributed by atoms with Gasteiger partial charge in [0.2, 0.25) is 0 Å². The van der Waals surface area contributed by atoms with Crippen LogP contribution in [0.25, 0.3) is 11.1 Å². The van der Waals surface area contributed by atoms with Crippen LogP contribution < -0.4 is 0 Å². The fraction of sp³-hybridized carbons (Fsp3) is 0.278. The summed E-state index contributed by atoms with van der Waals surface area (Å²) in [6.45, 7) is 2.32. The SMILES string of the molecule is O=C(c1cc[nH]c1)N1CCCN(C(=O)c2ccc3ncoc3c2)CC1. The first kappa shape index (κ1) is 15.4. The third-order valence-corrected chi connectivity index (χ3v) is 4.49. The number of nitrogens with zero attached hydrogens (tertiary/aromatic N) is 3. The summed E-state index contributed by atoms with van der Waals surface area (Å²) in [5.41, 5.74) is 2.56. The van der Waals surface area contributed by atoms with Gasteiger partial charge in [0, 0.05) is 44.1 Å². The molecular weight excluding hydrogens is 320 g/mol. The zero-order chi connectivity index (χ0) is 17.2. The van der Waals surface area contributed by atoms with E-state index in [0.717, 1.165) is 11.9 Å². The molecule has 4 rings (SSSR count). The minimum absolute atomic E-state index is 0.00127. The molecule has 7 nitrogen and oxygen atoms in total. The molecule has 128 valence electrons. The molecule has 1 fully saturated rings. The number of H-pyrrole nitrogens is 1. The van der Waals surface area contributed by atoms with Crippen LogP contribution in [0.5, 0.6) is 0 Å². The van der Waals surface area contributed by atoms with Crippen LogP contribution in [0, 0.1) is 0 Å². The van der Waals surface area contributed by atoms with Gasteiger partial charge in [0.25, 0.3) is 11.8 Å². The van der Waals surface area contributed by atoms with Crippen molar-refractivity contribution in [3.63, 3.8) is 0 Å². The molecule has 3 heterocycles. The second-order valence-corrected chi connectivity index (χ2v) is 6.07.